The van der Waals surface area contributed by atoms with Crippen LogP contribution in [0.2, 0.25) is 0 Å². The Kier molecular flexibility index (Phi) is 7180. The maximum atomic E-state index is 0. The Bertz CT molecular complexity index is 4.00. The van der Waals surface area contributed by atoms with Gasteiger partial charge in [0.2, 0.25) is 0 Å². The van der Waals surface area contributed by atoms with Gasteiger partial charge in [0, 0.05) is 0 Å². The SMILES string of the molecule is Cl.Cl.F.F. The normalized spacial score (nSPS) is 0. The van der Waals surface area contributed by atoms with E-state index in [1.54, 1.807) is 0 Å². The van der Waals surface area contributed by atoms with Crippen LogP contribution in [0.5, 0.6) is 0 Å². The Morgan fingerprint density at radius 1 is 0.500 bits per heavy atom. The lowest BCUT2D eigenvalue weighted by molar-refractivity contribution is 1.11. The fraction of sp³-hybridized carbons (Fsp3) is 0. The standard InChI is InChI=1S/2ClH.2FH/h4*1H. The average Bonchev–Trinajstić information content (AvgIpc) is 0. The zero-order valence-corrected chi connectivity index (χ0v) is 3.27. The number of hydrogen-bond donors (Lipinski definition) is 0. The minimum atomic E-state index is 0. The van der Waals surface area contributed by atoms with Crippen molar-refractivity contribution in [2.75, 3.05) is 0 Å². The minimum Gasteiger partial charge on any atom is -0.269 e. The molecule has 0 saturated carbocycles. The molecule has 0 amide bonds. The molecular weight excluding hydrogens is 109 g/mol. The highest BCUT2D eigenvalue weighted by atomic mass is 35.5. The molecule has 4 heteroatoms. The second-order valence-corrected chi connectivity index (χ2v) is 0. The number of halogens is 4. The van der Waals surface area contributed by atoms with Crippen LogP contribution < -0.4 is 0 Å². The molecule has 0 aliphatic heterocycles. The molecule has 0 atom stereocenters. The van der Waals surface area contributed by atoms with Gasteiger partial charge in [-0.2, -0.15) is 0 Å². The van der Waals surface area contributed by atoms with E-state index in [0.29, 0.717) is 0 Å². The van der Waals surface area contributed by atoms with Gasteiger partial charge in [-0.25, -0.2) is 0 Å². The van der Waals surface area contributed by atoms with E-state index in [1.807, 2.05) is 0 Å². The molecule has 0 radical (unpaired) electrons. The second-order valence-electron chi connectivity index (χ2n) is 0. The average molecular weight is 113 g/mol. The molecule has 0 saturated heterocycles. The highest BCUT2D eigenvalue weighted by molar-refractivity contribution is 5.85. The molecule has 0 nitrogen and oxygen atoms in total. The van der Waals surface area contributed by atoms with Crippen LogP contribution in [0.15, 0.2) is 0 Å². The van der Waals surface area contributed by atoms with Crippen molar-refractivity contribution < 1.29 is 9.41 Å². The van der Waals surface area contributed by atoms with Gasteiger partial charge in [-0.3, -0.25) is 9.41 Å². The van der Waals surface area contributed by atoms with Crippen LogP contribution in [0.25, 0.3) is 0 Å². The molecule has 0 aromatic rings. The fourth-order valence-corrected chi connectivity index (χ4v) is 0. The summed E-state index contributed by atoms with van der Waals surface area (Å²) in [6, 6.07) is 0. The van der Waals surface area contributed by atoms with Gasteiger partial charge >= 0.3 is 0 Å². The lowest BCUT2D eigenvalue weighted by Gasteiger charge is -0.270. The van der Waals surface area contributed by atoms with Crippen LogP contribution in [-0.2, 0) is 0 Å². The van der Waals surface area contributed by atoms with Crippen LogP contribution in [0.3, 0.4) is 0 Å². The molecule has 0 fully saturated rings. The number of rotatable bonds is 0. The molecule has 0 aliphatic rings. The molecule has 4 heavy (non-hydrogen) atoms. The molecule has 0 rings (SSSR count). The van der Waals surface area contributed by atoms with Crippen molar-refractivity contribution in [3.05, 3.63) is 0 Å². The topological polar surface area (TPSA) is 0 Å². The van der Waals surface area contributed by atoms with Crippen molar-refractivity contribution in [2.24, 2.45) is 0 Å². The van der Waals surface area contributed by atoms with Crippen LogP contribution in [0.1, 0.15) is 0 Å². The van der Waals surface area contributed by atoms with E-state index in [-0.39, 0.29) is 34.2 Å². The van der Waals surface area contributed by atoms with E-state index in [4.69, 9.17) is 0 Å². The zero-order chi connectivity index (χ0) is 0. The molecule has 0 spiro atoms. The molecule has 0 heterocycles. The monoisotopic (exact) mass is 112 g/mol. The first-order valence-electron chi connectivity index (χ1n) is 0. The van der Waals surface area contributed by atoms with E-state index in [1.165, 1.54) is 0 Å². The van der Waals surface area contributed by atoms with E-state index in [2.05, 4.69) is 0 Å². The summed E-state index contributed by atoms with van der Waals surface area (Å²) in [7, 11) is 0. The van der Waals surface area contributed by atoms with E-state index < -0.39 is 0 Å². The summed E-state index contributed by atoms with van der Waals surface area (Å²) in [6.07, 6.45) is 0. The lowest BCUT2D eigenvalue weighted by atomic mass is 19.0. The molecule has 32 valence electrons. The van der Waals surface area contributed by atoms with E-state index in [9.17, 15) is 0 Å². The van der Waals surface area contributed by atoms with Gasteiger partial charge in [-0.05, 0) is 0 Å². The summed E-state index contributed by atoms with van der Waals surface area (Å²) in [4.78, 5) is 0. The van der Waals surface area contributed by atoms with Crippen LogP contribution in [0.4, 0.5) is 9.41 Å². The Morgan fingerprint density at radius 2 is 0.500 bits per heavy atom. The first-order valence-corrected chi connectivity index (χ1v) is 0. The number of hydrogen-bond acceptors (Lipinski definition) is 0. The van der Waals surface area contributed by atoms with Gasteiger partial charge in [-0.15, -0.1) is 24.8 Å². The van der Waals surface area contributed by atoms with Gasteiger partial charge in [0.1, 0.15) is 0 Å². The molecule has 0 N–H and O–H groups in total. The third-order valence-corrected chi connectivity index (χ3v) is 0. The van der Waals surface area contributed by atoms with Crippen LogP contribution >= 0.6 is 24.8 Å². The summed E-state index contributed by atoms with van der Waals surface area (Å²) in [5.41, 5.74) is 0. The first kappa shape index (κ1) is 271. The third-order valence-electron chi connectivity index (χ3n) is 0. The maximum Gasteiger partial charge on any atom is -0.147 e. The summed E-state index contributed by atoms with van der Waals surface area (Å²) >= 11 is 0. The smallest absolute Gasteiger partial charge is 0.147 e. The van der Waals surface area contributed by atoms with Crippen LogP contribution in [-0.4, -0.2) is 0 Å². The predicted molar refractivity (Wildman–Crippen MR) is 19.5 cm³/mol. The molecule has 0 aliphatic carbocycles. The van der Waals surface area contributed by atoms with Gasteiger partial charge in [-0.1, -0.05) is 0 Å². The van der Waals surface area contributed by atoms with Crippen molar-refractivity contribution in [1.29, 1.82) is 0 Å². The fourth-order valence-electron chi connectivity index (χ4n) is 0. The highest BCUT2D eigenvalue weighted by Gasteiger charge is -0.146. The Hall–Kier alpha value is 0.440. The lowest BCUT2D eigenvalue weighted by Crippen LogP contribution is 0.419. The van der Waals surface area contributed by atoms with Gasteiger partial charge in [0.05, 0.1) is 0 Å². The summed E-state index contributed by atoms with van der Waals surface area (Å²) < 4.78 is 0. The van der Waals surface area contributed by atoms with Gasteiger partial charge in [0.25, 0.3) is 0 Å². The summed E-state index contributed by atoms with van der Waals surface area (Å²) in [5.74, 6) is 0. The highest BCUT2D eigenvalue weighted by Crippen LogP contribution is 0.691. The van der Waals surface area contributed by atoms with Crippen LogP contribution in [0, 0.1) is 0 Å². The summed E-state index contributed by atoms with van der Waals surface area (Å²) in [6.45, 7) is 0. The van der Waals surface area contributed by atoms with Crippen molar-refractivity contribution in [3.63, 3.8) is 0 Å². The van der Waals surface area contributed by atoms with E-state index >= 15 is 0 Å². The second kappa shape index (κ2) is 106. The molecule has 0 unspecified atom stereocenters. The summed E-state index contributed by atoms with van der Waals surface area (Å²) in [5, 5.41) is 0. The molecule has 0 bridgehead atoms. The first-order chi connectivity index (χ1) is 0. The minimum absolute atomic E-state index is 0. The Morgan fingerprint density at radius 3 is 0.500 bits per heavy atom. The van der Waals surface area contributed by atoms with Crippen molar-refractivity contribution >= 4 is 24.8 Å². The predicted octanol–water partition coefficient (Wildman–Crippen LogP) is 1.15. The Balaban J connectivity index is 0. The molecule has 0 aromatic heterocycles. The Labute approximate surface area is 35.1 Å². The quantitative estimate of drug-likeness (QED) is 0.442. The van der Waals surface area contributed by atoms with E-state index in [0.717, 1.165) is 0 Å². The molecule has 0 aromatic carbocycles. The van der Waals surface area contributed by atoms with Gasteiger partial charge < -0.3 is 0 Å². The third kappa shape index (κ3) is 26.1. The zero-order valence-electron chi connectivity index (χ0n) is 1.63. The van der Waals surface area contributed by atoms with Crippen molar-refractivity contribution in [2.45, 2.75) is 0 Å². The van der Waals surface area contributed by atoms with Crippen molar-refractivity contribution in [1.82, 2.24) is 0 Å². The van der Waals surface area contributed by atoms with Crippen molar-refractivity contribution in [3.8, 4) is 0 Å². The molecular formula is H4Cl2F2. The largest absolute Gasteiger partial charge is 0.269 e. The maximum absolute atomic E-state index is 0. The van der Waals surface area contributed by atoms with Gasteiger partial charge in [0.15, 0.2) is 0 Å².